The lowest BCUT2D eigenvalue weighted by molar-refractivity contribution is -0.144. The van der Waals surface area contributed by atoms with Gasteiger partial charge in [-0.2, -0.15) is 0 Å². The van der Waals surface area contributed by atoms with E-state index in [1.165, 1.54) is 0 Å². The van der Waals surface area contributed by atoms with E-state index in [0.717, 1.165) is 43.5 Å². The van der Waals surface area contributed by atoms with Gasteiger partial charge in [0.05, 0.1) is 6.61 Å². The zero-order chi connectivity index (χ0) is 14.4. The molecule has 1 N–H and O–H groups in total. The molecule has 1 atom stereocenters. The number of carbonyl (C=O) groups is 1. The van der Waals surface area contributed by atoms with E-state index in [1.54, 1.807) is 0 Å². The SMILES string of the molecule is CCCCOCCN1CCc2ccccc2C1C(=O)O. The largest absolute Gasteiger partial charge is 0.480 e. The maximum absolute atomic E-state index is 11.6. The lowest BCUT2D eigenvalue weighted by atomic mass is 9.92. The van der Waals surface area contributed by atoms with Crippen molar-refractivity contribution in [3.63, 3.8) is 0 Å². The molecule has 0 amide bonds. The molecule has 0 radical (unpaired) electrons. The first kappa shape index (κ1) is 15.0. The minimum absolute atomic E-state index is 0.533. The topological polar surface area (TPSA) is 49.8 Å². The molecule has 1 unspecified atom stereocenters. The van der Waals surface area contributed by atoms with Crippen LogP contribution >= 0.6 is 0 Å². The van der Waals surface area contributed by atoms with Crippen molar-refractivity contribution < 1.29 is 14.6 Å². The lowest BCUT2D eigenvalue weighted by Gasteiger charge is -2.34. The first-order valence-corrected chi connectivity index (χ1v) is 7.36. The Hall–Kier alpha value is -1.39. The summed E-state index contributed by atoms with van der Waals surface area (Å²) in [7, 11) is 0. The second kappa shape index (κ2) is 7.41. The number of carboxylic acids is 1. The highest BCUT2D eigenvalue weighted by molar-refractivity contribution is 5.76. The molecule has 2 rings (SSSR count). The summed E-state index contributed by atoms with van der Waals surface area (Å²) in [5.41, 5.74) is 2.09. The van der Waals surface area contributed by atoms with Crippen molar-refractivity contribution in [3.8, 4) is 0 Å². The van der Waals surface area contributed by atoms with Gasteiger partial charge in [-0.15, -0.1) is 0 Å². The molecule has 1 aliphatic heterocycles. The smallest absolute Gasteiger partial charge is 0.325 e. The van der Waals surface area contributed by atoms with Crippen LogP contribution in [-0.2, 0) is 16.0 Å². The number of unbranched alkanes of at least 4 members (excludes halogenated alkanes) is 1. The fraction of sp³-hybridized carbons (Fsp3) is 0.562. The molecule has 0 saturated heterocycles. The van der Waals surface area contributed by atoms with Gasteiger partial charge in [-0.05, 0) is 24.0 Å². The average molecular weight is 277 g/mol. The molecular formula is C16H23NO3. The van der Waals surface area contributed by atoms with Gasteiger partial charge in [-0.25, -0.2) is 0 Å². The van der Waals surface area contributed by atoms with Gasteiger partial charge in [-0.3, -0.25) is 9.69 Å². The quantitative estimate of drug-likeness (QED) is 0.778. The van der Waals surface area contributed by atoms with Gasteiger partial charge in [0.25, 0.3) is 0 Å². The highest BCUT2D eigenvalue weighted by Crippen LogP contribution is 2.29. The molecule has 0 bridgehead atoms. The highest BCUT2D eigenvalue weighted by Gasteiger charge is 2.32. The van der Waals surface area contributed by atoms with Gasteiger partial charge in [-0.1, -0.05) is 37.6 Å². The molecule has 0 saturated carbocycles. The molecule has 0 fully saturated rings. The minimum atomic E-state index is -0.772. The molecule has 110 valence electrons. The molecule has 0 spiro atoms. The van der Waals surface area contributed by atoms with Crippen LogP contribution in [0.2, 0.25) is 0 Å². The van der Waals surface area contributed by atoms with Gasteiger partial charge >= 0.3 is 5.97 Å². The van der Waals surface area contributed by atoms with Crippen LogP contribution in [0.5, 0.6) is 0 Å². The van der Waals surface area contributed by atoms with Crippen LogP contribution in [0.3, 0.4) is 0 Å². The molecule has 4 nitrogen and oxygen atoms in total. The molecule has 1 aromatic carbocycles. The summed E-state index contributed by atoms with van der Waals surface area (Å²) in [5, 5.41) is 9.51. The molecule has 1 heterocycles. The Morgan fingerprint density at radius 3 is 2.95 bits per heavy atom. The van der Waals surface area contributed by atoms with Crippen LogP contribution in [0.15, 0.2) is 24.3 Å². The Labute approximate surface area is 120 Å². The summed E-state index contributed by atoms with van der Waals surface area (Å²) >= 11 is 0. The summed E-state index contributed by atoms with van der Waals surface area (Å²) in [6, 6.07) is 7.31. The van der Waals surface area contributed by atoms with E-state index < -0.39 is 12.0 Å². The number of nitrogens with zero attached hydrogens (tertiary/aromatic N) is 1. The summed E-state index contributed by atoms with van der Waals surface area (Å²) in [6.07, 6.45) is 3.09. The molecule has 4 heteroatoms. The Morgan fingerprint density at radius 1 is 1.40 bits per heavy atom. The predicted octanol–water partition coefficient (Wildman–Crippen LogP) is 2.49. The molecule has 20 heavy (non-hydrogen) atoms. The van der Waals surface area contributed by atoms with Crippen molar-refractivity contribution in [3.05, 3.63) is 35.4 Å². The third-order valence-corrected chi connectivity index (χ3v) is 3.78. The van der Waals surface area contributed by atoms with Crippen LogP contribution in [0, 0.1) is 0 Å². The number of rotatable bonds is 7. The first-order valence-electron chi connectivity index (χ1n) is 7.36. The van der Waals surface area contributed by atoms with E-state index in [4.69, 9.17) is 4.74 Å². The monoisotopic (exact) mass is 277 g/mol. The maximum atomic E-state index is 11.6. The Balaban J connectivity index is 1.98. The zero-order valence-electron chi connectivity index (χ0n) is 12.0. The standard InChI is InChI=1S/C16H23NO3/c1-2-3-11-20-12-10-17-9-8-13-6-4-5-7-14(13)15(17)16(18)19/h4-7,15H,2-3,8-12H2,1H3,(H,18,19). The number of hydrogen-bond donors (Lipinski definition) is 1. The van der Waals surface area contributed by atoms with Gasteiger partial charge in [0.15, 0.2) is 0 Å². The van der Waals surface area contributed by atoms with E-state index in [1.807, 2.05) is 29.2 Å². The summed E-state index contributed by atoms with van der Waals surface area (Å²) in [4.78, 5) is 13.6. The third-order valence-electron chi connectivity index (χ3n) is 3.78. The van der Waals surface area contributed by atoms with Crippen molar-refractivity contribution >= 4 is 5.97 Å². The number of benzene rings is 1. The second-order valence-corrected chi connectivity index (χ2v) is 5.19. The van der Waals surface area contributed by atoms with Gasteiger partial charge in [0.2, 0.25) is 0 Å². The Kier molecular flexibility index (Phi) is 5.56. The van der Waals surface area contributed by atoms with E-state index in [2.05, 4.69) is 6.92 Å². The number of hydrogen-bond acceptors (Lipinski definition) is 3. The fourth-order valence-electron chi connectivity index (χ4n) is 2.68. The first-order chi connectivity index (χ1) is 9.74. The van der Waals surface area contributed by atoms with Crippen LogP contribution < -0.4 is 0 Å². The van der Waals surface area contributed by atoms with Gasteiger partial charge in [0.1, 0.15) is 6.04 Å². The minimum Gasteiger partial charge on any atom is -0.480 e. The molecular weight excluding hydrogens is 254 g/mol. The lowest BCUT2D eigenvalue weighted by Crippen LogP contribution is -2.41. The molecule has 0 aliphatic carbocycles. The number of carboxylic acid groups (broad SMARTS) is 1. The number of fused-ring (bicyclic) bond motifs is 1. The summed E-state index contributed by atoms with van der Waals surface area (Å²) in [6.45, 7) is 4.95. The van der Waals surface area contributed by atoms with Crippen molar-refractivity contribution in [2.24, 2.45) is 0 Å². The zero-order valence-corrected chi connectivity index (χ0v) is 12.0. The summed E-state index contributed by atoms with van der Waals surface area (Å²) < 4.78 is 5.56. The molecule has 0 aromatic heterocycles. The van der Waals surface area contributed by atoms with Gasteiger partial charge < -0.3 is 9.84 Å². The number of ether oxygens (including phenoxy) is 1. The fourth-order valence-corrected chi connectivity index (χ4v) is 2.68. The third kappa shape index (κ3) is 3.58. The Morgan fingerprint density at radius 2 is 2.20 bits per heavy atom. The van der Waals surface area contributed by atoms with Crippen LogP contribution in [0.25, 0.3) is 0 Å². The van der Waals surface area contributed by atoms with Crippen molar-refractivity contribution in [1.29, 1.82) is 0 Å². The normalized spacial score (nSPS) is 18.8. The molecule has 1 aliphatic rings. The number of aliphatic carboxylic acids is 1. The Bertz CT molecular complexity index is 447. The highest BCUT2D eigenvalue weighted by atomic mass is 16.5. The van der Waals surface area contributed by atoms with E-state index >= 15 is 0 Å². The van der Waals surface area contributed by atoms with Crippen molar-refractivity contribution in [1.82, 2.24) is 4.90 Å². The molecule has 1 aromatic rings. The van der Waals surface area contributed by atoms with Crippen LogP contribution in [0.4, 0.5) is 0 Å². The van der Waals surface area contributed by atoms with Gasteiger partial charge in [0, 0.05) is 19.7 Å². The predicted molar refractivity (Wildman–Crippen MR) is 77.8 cm³/mol. The van der Waals surface area contributed by atoms with Crippen LogP contribution in [0.1, 0.15) is 36.9 Å². The van der Waals surface area contributed by atoms with Crippen molar-refractivity contribution in [2.75, 3.05) is 26.3 Å². The summed E-state index contributed by atoms with van der Waals surface area (Å²) in [5.74, 6) is -0.772. The average Bonchev–Trinajstić information content (AvgIpc) is 2.46. The maximum Gasteiger partial charge on any atom is 0.325 e. The van der Waals surface area contributed by atoms with Crippen LogP contribution in [-0.4, -0.2) is 42.3 Å². The van der Waals surface area contributed by atoms with E-state index in [9.17, 15) is 9.90 Å². The second-order valence-electron chi connectivity index (χ2n) is 5.19. The van der Waals surface area contributed by atoms with E-state index in [0.29, 0.717) is 13.2 Å². The van der Waals surface area contributed by atoms with Crippen molar-refractivity contribution in [2.45, 2.75) is 32.2 Å². The van der Waals surface area contributed by atoms with E-state index in [-0.39, 0.29) is 0 Å².